The van der Waals surface area contributed by atoms with E-state index in [4.69, 9.17) is 16.6 Å². The molecule has 0 atom stereocenters. The van der Waals surface area contributed by atoms with E-state index in [0.717, 1.165) is 11.1 Å². The number of para-hydroxylation sites is 2. The maximum absolute atomic E-state index is 12.7. The number of benzene rings is 2. The lowest BCUT2D eigenvalue weighted by molar-refractivity contribution is 0.563. The van der Waals surface area contributed by atoms with Crippen LogP contribution >= 0.6 is 12.2 Å². The fourth-order valence-electron chi connectivity index (χ4n) is 3.09. The number of hydrogen-bond donors (Lipinski definition) is 2. The van der Waals surface area contributed by atoms with Crippen LogP contribution in [0.25, 0.3) is 27.9 Å². The molecule has 2 aromatic heterocycles. The second-order valence-electron chi connectivity index (χ2n) is 7.20. The van der Waals surface area contributed by atoms with Crippen molar-refractivity contribution in [1.82, 2.24) is 20.5 Å². The third-order valence-corrected chi connectivity index (χ3v) is 4.66. The van der Waals surface area contributed by atoms with Gasteiger partial charge >= 0.3 is 5.63 Å². The van der Waals surface area contributed by atoms with E-state index in [-0.39, 0.29) is 6.04 Å². The number of thiocarbonyl (C=S) groups is 1. The lowest BCUT2D eigenvalue weighted by Gasteiger charge is -2.09. The smallest absolute Gasteiger partial charge is 0.345 e. The van der Waals surface area contributed by atoms with Crippen molar-refractivity contribution in [3.05, 3.63) is 82.8 Å². The highest BCUT2D eigenvalue weighted by Gasteiger charge is 2.16. The number of hydrazone groups is 1. The Hall–Kier alpha value is -3.78. The van der Waals surface area contributed by atoms with Gasteiger partial charge in [-0.1, -0.05) is 36.4 Å². The van der Waals surface area contributed by atoms with Crippen LogP contribution in [0.5, 0.6) is 0 Å². The summed E-state index contributed by atoms with van der Waals surface area (Å²) in [6.45, 7) is 3.97. The molecule has 0 aliphatic carbocycles. The van der Waals surface area contributed by atoms with Crippen LogP contribution in [0.4, 0.5) is 0 Å². The second-order valence-corrected chi connectivity index (χ2v) is 7.60. The van der Waals surface area contributed by atoms with E-state index in [9.17, 15) is 4.79 Å². The molecule has 0 amide bonds. The summed E-state index contributed by atoms with van der Waals surface area (Å²) in [6, 6.07) is 19.0. The average Bonchev–Trinajstić information content (AvgIpc) is 3.17. The van der Waals surface area contributed by atoms with E-state index in [2.05, 4.69) is 20.9 Å². The Morgan fingerprint density at radius 3 is 2.68 bits per heavy atom. The molecule has 0 saturated carbocycles. The topological polar surface area (TPSA) is 84.4 Å². The van der Waals surface area contributed by atoms with Crippen molar-refractivity contribution in [2.45, 2.75) is 19.9 Å². The fraction of sp³-hybridized carbons (Fsp3) is 0.130. The molecule has 0 fully saturated rings. The van der Waals surface area contributed by atoms with Crippen molar-refractivity contribution in [3.8, 4) is 16.9 Å². The van der Waals surface area contributed by atoms with Crippen molar-refractivity contribution in [2.75, 3.05) is 0 Å². The molecular weight excluding hydrogens is 410 g/mol. The van der Waals surface area contributed by atoms with Crippen LogP contribution in [0.1, 0.15) is 19.4 Å². The molecule has 2 N–H and O–H groups in total. The van der Waals surface area contributed by atoms with Gasteiger partial charge in [-0.15, -0.1) is 0 Å². The van der Waals surface area contributed by atoms with Crippen molar-refractivity contribution < 1.29 is 4.42 Å². The molecule has 4 rings (SSSR count). The molecule has 0 bridgehead atoms. The molecule has 0 aliphatic rings. The van der Waals surface area contributed by atoms with Crippen LogP contribution in [0.2, 0.25) is 0 Å². The Morgan fingerprint density at radius 2 is 1.90 bits per heavy atom. The second kappa shape index (κ2) is 8.93. The van der Waals surface area contributed by atoms with Crippen LogP contribution in [0.15, 0.2) is 81.2 Å². The Morgan fingerprint density at radius 1 is 1.16 bits per heavy atom. The molecule has 0 radical (unpaired) electrons. The Bertz CT molecular complexity index is 1310. The zero-order valence-electron chi connectivity index (χ0n) is 17.1. The van der Waals surface area contributed by atoms with Gasteiger partial charge in [0.2, 0.25) is 0 Å². The van der Waals surface area contributed by atoms with Gasteiger partial charge in [-0.25, -0.2) is 9.48 Å². The summed E-state index contributed by atoms with van der Waals surface area (Å²) in [5, 5.41) is 13.2. The number of nitrogens with one attached hydrogen (secondary N) is 2. The normalized spacial score (nSPS) is 11.3. The van der Waals surface area contributed by atoms with Crippen LogP contribution in [-0.4, -0.2) is 27.1 Å². The van der Waals surface area contributed by atoms with Gasteiger partial charge in [0.25, 0.3) is 0 Å². The summed E-state index contributed by atoms with van der Waals surface area (Å²) in [6.07, 6.45) is 3.40. The Labute approximate surface area is 184 Å². The molecule has 7 nitrogen and oxygen atoms in total. The van der Waals surface area contributed by atoms with Crippen LogP contribution in [0, 0.1) is 0 Å². The quantitative estimate of drug-likeness (QED) is 0.216. The minimum Gasteiger partial charge on any atom is -0.422 e. The van der Waals surface area contributed by atoms with E-state index in [1.54, 1.807) is 23.0 Å². The summed E-state index contributed by atoms with van der Waals surface area (Å²) in [5.41, 5.74) is 5.19. The molecule has 8 heteroatoms. The monoisotopic (exact) mass is 431 g/mol. The highest BCUT2D eigenvalue weighted by Crippen LogP contribution is 2.23. The van der Waals surface area contributed by atoms with Gasteiger partial charge in [-0.05, 0) is 50.3 Å². The van der Waals surface area contributed by atoms with Crippen molar-refractivity contribution in [1.29, 1.82) is 0 Å². The summed E-state index contributed by atoms with van der Waals surface area (Å²) < 4.78 is 7.21. The van der Waals surface area contributed by atoms with E-state index in [1.165, 1.54) is 0 Å². The molecule has 4 aromatic rings. The van der Waals surface area contributed by atoms with Crippen LogP contribution in [-0.2, 0) is 0 Å². The SMILES string of the molecule is CC(C)NC(=S)N/N=C/c1cn(-c2ccccc2)nc1-c1cc2ccccc2oc1=O. The molecule has 0 aliphatic heterocycles. The maximum atomic E-state index is 12.7. The minimum absolute atomic E-state index is 0.189. The van der Waals surface area contributed by atoms with E-state index in [0.29, 0.717) is 27.5 Å². The van der Waals surface area contributed by atoms with Crippen molar-refractivity contribution in [3.63, 3.8) is 0 Å². The lowest BCUT2D eigenvalue weighted by atomic mass is 10.1. The predicted molar refractivity (Wildman–Crippen MR) is 127 cm³/mol. The number of aromatic nitrogens is 2. The van der Waals surface area contributed by atoms with Gasteiger partial charge in [0.15, 0.2) is 5.11 Å². The number of hydrogen-bond acceptors (Lipinski definition) is 5. The van der Waals surface area contributed by atoms with Gasteiger partial charge in [-0.3, -0.25) is 5.43 Å². The van der Waals surface area contributed by atoms with Crippen molar-refractivity contribution in [2.24, 2.45) is 5.10 Å². The number of nitrogens with zero attached hydrogens (tertiary/aromatic N) is 3. The molecule has 156 valence electrons. The maximum Gasteiger partial charge on any atom is 0.345 e. The van der Waals surface area contributed by atoms with Gasteiger partial charge in [-0.2, -0.15) is 10.2 Å². The summed E-state index contributed by atoms with van der Waals surface area (Å²) in [4.78, 5) is 12.7. The first kappa shape index (κ1) is 20.5. The molecule has 0 unspecified atom stereocenters. The Kier molecular flexibility index (Phi) is 5.90. The molecule has 2 aromatic carbocycles. The molecule has 31 heavy (non-hydrogen) atoms. The average molecular weight is 432 g/mol. The molecule has 0 saturated heterocycles. The largest absolute Gasteiger partial charge is 0.422 e. The zero-order valence-corrected chi connectivity index (χ0v) is 17.9. The van der Waals surface area contributed by atoms with E-state index in [1.807, 2.05) is 68.6 Å². The first-order valence-corrected chi connectivity index (χ1v) is 10.2. The zero-order chi connectivity index (χ0) is 21.8. The summed E-state index contributed by atoms with van der Waals surface area (Å²) >= 11 is 5.21. The minimum atomic E-state index is -0.461. The third kappa shape index (κ3) is 4.70. The molecule has 0 spiro atoms. The van der Waals surface area contributed by atoms with Gasteiger partial charge < -0.3 is 9.73 Å². The first-order valence-electron chi connectivity index (χ1n) is 9.79. The van der Waals surface area contributed by atoms with Crippen molar-refractivity contribution >= 4 is 34.5 Å². The molecular formula is C23H21N5O2S. The van der Waals surface area contributed by atoms with Gasteiger partial charge in [0.1, 0.15) is 11.3 Å². The highest BCUT2D eigenvalue weighted by atomic mass is 32.1. The first-order chi connectivity index (χ1) is 15.0. The summed E-state index contributed by atoms with van der Waals surface area (Å²) in [7, 11) is 0. The highest BCUT2D eigenvalue weighted by molar-refractivity contribution is 7.80. The lowest BCUT2D eigenvalue weighted by Crippen LogP contribution is -2.36. The summed E-state index contributed by atoms with van der Waals surface area (Å²) in [5.74, 6) is 0. The number of fused-ring (bicyclic) bond motifs is 1. The van der Waals surface area contributed by atoms with E-state index >= 15 is 0 Å². The Balaban J connectivity index is 1.77. The van der Waals surface area contributed by atoms with Crippen LogP contribution < -0.4 is 16.4 Å². The van der Waals surface area contributed by atoms with Gasteiger partial charge in [0, 0.05) is 23.2 Å². The third-order valence-electron chi connectivity index (χ3n) is 4.45. The molecule has 2 heterocycles. The predicted octanol–water partition coefficient (Wildman–Crippen LogP) is 3.85. The fourth-order valence-corrected chi connectivity index (χ4v) is 3.37. The standard InChI is InChI=1S/C23H21N5O2S/c1-15(2)25-23(31)26-24-13-17-14-28(18-9-4-3-5-10-18)27-21(17)19-12-16-8-6-7-11-20(16)30-22(19)29/h3-15H,1-2H3,(H2,25,26,31)/b24-13+. The van der Waals surface area contributed by atoms with Gasteiger partial charge in [0.05, 0.1) is 17.5 Å². The van der Waals surface area contributed by atoms with E-state index < -0.39 is 5.63 Å². The van der Waals surface area contributed by atoms with Crippen LogP contribution in [0.3, 0.4) is 0 Å². The number of rotatable bonds is 5.